The number of hydrogen-bond acceptors (Lipinski definition) is 3. The van der Waals surface area contributed by atoms with Crippen LogP contribution in [0.15, 0.2) is 132 Å². The van der Waals surface area contributed by atoms with E-state index in [-0.39, 0.29) is 11.3 Å². The van der Waals surface area contributed by atoms with Crippen LogP contribution in [0, 0.1) is 0 Å². The number of allylic oxidation sites excluding steroid dienone is 1. The molecule has 0 N–H and O–H groups in total. The lowest BCUT2D eigenvalue weighted by Crippen LogP contribution is -2.14. The first-order chi connectivity index (χ1) is 23.1. The van der Waals surface area contributed by atoms with Crippen LogP contribution in [0.5, 0.6) is 0 Å². The molecule has 5 aromatic carbocycles. The summed E-state index contributed by atoms with van der Waals surface area (Å²) in [6.07, 6.45) is 5.33. The van der Waals surface area contributed by atoms with Crippen LogP contribution in [0.3, 0.4) is 0 Å². The van der Waals surface area contributed by atoms with Crippen LogP contribution in [0.2, 0.25) is 0 Å². The van der Waals surface area contributed by atoms with Gasteiger partial charge in [-0.3, -0.25) is 4.57 Å². The molecule has 4 heteroatoms. The third-order valence-corrected chi connectivity index (χ3v) is 10.4. The normalized spacial score (nSPS) is 16.1. The average molecular weight is 606 g/mol. The van der Waals surface area contributed by atoms with Crippen molar-refractivity contribution < 1.29 is 4.42 Å². The standard InChI is InChI=1S/C43H31N3O/c1-43(2)34-19-11-9-18-31(34)40-37(43)32-23-22-30-29-17-10-12-20-36(29)46(39(30)41(32)47-40)42-44-35-24-21-28(26-13-5-3-6-14-26)25-33(35)38(45-42)27-15-7-4-8-16-27/h3-24,28H,25H2,1-2H3. The van der Waals surface area contributed by atoms with Crippen LogP contribution >= 0.6 is 0 Å². The van der Waals surface area contributed by atoms with Gasteiger partial charge in [0.05, 0.1) is 16.9 Å². The summed E-state index contributed by atoms with van der Waals surface area (Å²) in [5.74, 6) is 1.89. The summed E-state index contributed by atoms with van der Waals surface area (Å²) in [6.45, 7) is 4.61. The van der Waals surface area contributed by atoms with Gasteiger partial charge in [0.15, 0.2) is 5.58 Å². The fraction of sp³-hybridized carbons (Fsp3) is 0.116. The zero-order valence-corrected chi connectivity index (χ0v) is 26.2. The van der Waals surface area contributed by atoms with E-state index in [9.17, 15) is 0 Å². The van der Waals surface area contributed by atoms with Crippen molar-refractivity contribution in [2.75, 3.05) is 0 Å². The summed E-state index contributed by atoms with van der Waals surface area (Å²) < 4.78 is 9.21. The van der Waals surface area contributed by atoms with Crippen LogP contribution in [0.1, 0.15) is 47.7 Å². The minimum absolute atomic E-state index is 0.176. The van der Waals surface area contributed by atoms with Crippen molar-refractivity contribution in [2.45, 2.75) is 31.6 Å². The lowest BCUT2D eigenvalue weighted by Gasteiger charge is -2.23. The van der Waals surface area contributed by atoms with Crippen LogP contribution in [0.25, 0.3) is 67.4 Å². The fourth-order valence-corrected chi connectivity index (χ4v) is 8.17. The summed E-state index contributed by atoms with van der Waals surface area (Å²) in [5, 5.41) is 3.43. The monoisotopic (exact) mass is 605 g/mol. The molecule has 0 fully saturated rings. The summed E-state index contributed by atoms with van der Waals surface area (Å²) in [6, 6.07) is 43.0. The number of aromatic nitrogens is 3. The summed E-state index contributed by atoms with van der Waals surface area (Å²) in [5.41, 5.74) is 12.0. The number of nitrogens with zero attached hydrogens (tertiary/aromatic N) is 3. The zero-order chi connectivity index (χ0) is 31.3. The third kappa shape index (κ3) is 3.70. The molecule has 0 radical (unpaired) electrons. The van der Waals surface area contributed by atoms with Gasteiger partial charge < -0.3 is 4.42 Å². The number of fused-ring (bicyclic) bond motifs is 10. The molecular weight excluding hydrogens is 574 g/mol. The van der Waals surface area contributed by atoms with E-state index in [2.05, 4.69) is 152 Å². The number of rotatable bonds is 3. The van der Waals surface area contributed by atoms with Crippen molar-refractivity contribution in [3.63, 3.8) is 0 Å². The second kappa shape index (κ2) is 9.63. The zero-order valence-electron chi connectivity index (χ0n) is 26.2. The van der Waals surface area contributed by atoms with Crippen molar-refractivity contribution in [1.82, 2.24) is 14.5 Å². The number of para-hydroxylation sites is 1. The molecule has 0 aliphatic heterocycles. The van der Waals surface area contributed by atoms with Gasteiger partial charge in [-0.05, 0) is 29.7 Å². The molecule has 3 aromatic heterocycles. The predicted molar refractivity (Wildman–Crippen MR) is 191 cm³/mol. The van der Waals surface area contributed by atoms with Crippen molar-refractivity contribution in [3.8, 4) is 28.5 Å². The second-order valence-electron chi connectivity index (χ2n) is 13.4. The quantitative estimate of drug-likeness (QED) is 0.201. The number of benzene rings is 5. The molecule has 1 atom stereocenters. The number of furan rings is 1. The average Bonchev–Trinajstić information content (AvgIpc) is 3.75. The van der Waals surface area contributed by atoms with Crippen LogP contribution in [0.4, 0.5) is 0 Å². The Labute approximate surface area is 272 Å². The molecule has 4 nitrogen and oxygen atoms in total. The van der Waals surface area contributed by atoms with Gasteiger partial charge in [-0.25, -0.2) is 9.97 Å². The predicted octanol–water partition coefficient (Wildman–Crippen LogP) is 10.6. The molecule has 0 spiro atoms. The Balaban J connectivity index is 1.27. The highest BCUT2D eigenvalue weighted by atomic mass is 16.3. The molecule has 0 amide bonds. The summed E-state index contributed by atoms with van der Waals surface area (Å²) >= 11 is 0. The van der Waals surface area contributed by atoms with Crippen LogP contribution in [-0.2, 0) is 11.8 Å². The number of hydrogen-bond donors (Lipinski definition) is 0. The van der Waals surface area contributed by atoms with Crippen molar-refractivity contribution in [3.05, 3.63) is 155 Å². The van der Waals surface area contributed by atoms with Crippen molar-refractivity contribution >= 4 is 38.9 Å². The minimum atomic E-state index is -0.176. The second-order valence-corrected chi connectivity index (χ2v) is 13.4. The summed E-state index contributed by atoms with van der Waals surface area (Å²) in [4.78, 5) is 10.8. The van der Waals surface area contributed by atoms with Crippen molar-refractivity contribution in [1.29, 1.82) is 0 Å². The maximum atomic E-state index is 6.98. The Morgan fingerprint density at radius 1 is 0.723 bits per heavy atom. The lowest BCUT2D eigenvalue weighted by molar-refractivity contribution is 0.620. The van der Waals surface area contributed by atoms with Crippen molar-refractivity contribution in [2.24, 2.45) is 0 Å². The molecule has 8 aromatic rings. The van der Waals surface area contributed by atoms with E-state index >= 15 is 0 Å². The minimum Gasteiger partial charge on any atom is -0.453 e. The maximum absolute atomic E-state index is 6.98. The SMILES string of the molecule is CC1(C)c2ccccc2-c2oc3c(ccc4c5ccccc5n(-c5nc6c(c(-c7ccccc7)n5)CC(c5ccccc5)C=C6)c43)c21. The summed E-state index contributed by atoms with van der Waals surface area (Å²) in [7, 11) is 0. The van der Waals surface area contributed by atoms with E-state index in [0.717, 1.165) is 61.9 Å². The first-order valence-corrected chi connectivity index (χ1v) is 16.4. The van der Waals surface area contributed by atoms with E-state index in [0.29, 0.717) is 5.95 Å². The van der Waals surface area contributed by atoms with E-state index in [1.165, 1.54) is 27.8 Å². The smallest absolute Gasteiger partial charge is 0.235 e. The first kappa shape index (κ1) is 26.5. The largest absolute Gasteiger partial charge is 0.453 e. The van der Waals surface area contributed by atoms with Gasteiger partial charge in [0.1, 0.15) is 11.3 Å². The van der Waals surface area contributed by atoms with E-state index < -0.39 is 0 Å². The highest BCUT2D eigenvalue weighted by molar-refractivity contribution is 6.18. The third-order valence-electron chi connectivity index (χ3n) is 10.4. The molecular formula is C43H31N3O. The molecule has 0 saturated heterocycles. The molecule has 0 saturated carbocycles. The first-order valence-electron chi connectivity index (χ1n) is 16.4. The van der Waals surface area contributed by atoms with Gasteiger partial charge in [-0.2, -0.15) is 0 Å². The Morgan fingerprint density at radius 3 is 2.30 bits per heavy atom. The van der Waals surface area contributed by atoms with Gasteiger partial charge in [0.25, 0.3) is 0 Å². The van der Waals surface area contributed by atoms with E-state index in [1.807, 2.05) is 0 Å². The maximum Gasteiger partial charge on any atom is 0.235 e. The highest BCUT2D eigenvalue weighted by Gasteiger charge is 2.40. The van der Waals surface area contributed by atoms with Gasteiger partial charge in [-0.15, -0.1) is 0 Å². The molecule has 0 bridgehead atoms. The highest BCUT2D eigenvalue weighted by Crippen LogP contribution is 2.54. The fourth-order valence-electron chi connectivity index (χ4n) is 8.17. The molecule has 2 aliphatic rings. The molecule has 47 heavy (non-hydrogen) atoms. The Kier molecular flexibility index (Phi) is 5.43. The lowest BCUT2D eigenvalue weighted by atomic mass is 9.81. The Bertz CT molecular complexity index is 2570. The Hall–Kier alpha value is -5.74. The van der Waals surface area contributed by atoms with Gasteiger partial charge in [-0.1, -0.05) is 135 Å². The molecule has 10 rings (SSSR count). The molecule has 1 unspecified atom stereocenters. The van der Waals surface area contributed by atoms with E-state index in [4.69, 9.17) is 14.4 Å². The topological polar surface area (TPSA) is 43.9 Å². The molecule has 3 heterocycles. The Morgan fingerprint density at radius 2 is 1.45 bits per heavy atom. The van der Waals surface area contributed by atoms with Gasteiger partial charge in [0, 0.05) is 49.7 Å². The van der Waals surface area contributed by atoms with Gasteiger partial charge in [0.2, 0.25) is 5.95 Å². The van der Waals surface area contributed by atoms with Gasteiger partial charge >= 0.3 is 0 Å². The van der Waals surface area contributed by atoms with Crippen LogP contribution in [-0.4, -0.2) is 14.5 Å². The van der Waals surface area contributed by atoms with E-state index in [1.54, 1.807) is 0 Å². The van der Waals surface area contributed by atoms with Crippen LogP contribution < -0.4 is 0 Å². The molecule has 224 valence electrons. The molecule has 2 aliphatic carbocycles.